The maximum Gasteiger partial charge on any atom is 0.222 e. The fourth-order valence-corrected chi connectivity index (χ4v) is 0.640. The van der Waals surface area contributed by atoms with Gasteiger partial charge in [0.2, 0.25) is 5.91 Å². The van der Waals surface area contributed by atoms with Crippen LogP contribution in [0.4, 0.5) is 0 Å². The summed E-state index contributed by atoms with van der Waals surface area (Å²) in [4.78, 5) is 12.5. The molecule has 1 amide bonds. The van der Waals surface area contributed by atoms with Crippen LogP contribution in [0.1, 0.15) is 12.8 Å². The molecule has 0 aromatic heterocycles. The SMILES string of the molecule is CNCCCC(=O)N(C)C. The molecule has 0 aliphatic rings. The van der Waals surface area contributed by atoms with Crippen molar-refractivity contribution in [2.75, 3.05) is 27.7 Å². The molecule has 0 aromatic carbocycles. The predicted molar refractivity (Wildman–Crippen MR) is 41.9 cm³/mol. The third-order valence-corrected chi connectivity index (χ3v) is 1.32. The molecule has 3 nitrogen and oxygen atoms in total. The van der Waals surface area contributed by atoms with E-state index in [9.17, 15) is 4.79 Å². The second-order valence-electron chi connectivity index (χ2n) is 2.50. The third-order valence-electron chi connectivity index (χ3n) is 1.32. The minimum Gasteiger partial charge on any atom is -0.349 e. The molecule has 0 rings (SSSR count). The normalized spacial score (nSPS) is 9.50. The van der Waals surface area contributed by atoms with Crippen LogP contribution in [0.3, 0.4) is 0 Å². The number of nitrogens with zero attached hydrogens (tertiary/aromatic N) is 1. The zero-order valence-corrected chi connectivity index (χ0v) is 6.98. The number of rotatable bonds is 4. The first kappa shape index (κ1) is 9.43. The molecule has 0 atom stereocenters. The third kappa shape index (κ3) is 4.32. The molecule has 0 heterocycles. The van der Waals surface area contributed by atoms with Crippen molar-refractivity contribution in [3.8, 4) is 0 Å². The lowest BCUT2D eigenvalue weighted by Gasteiger charge is -2.08. The van der Waals surface area contributed by atoms with Crippen LogP contribution in [-0.4, -0.2) is 38.5 Å². The van der Waals surface area contributed by atoms with Gasteiger partial charge in [-0.2, -0.15) is 0 Å². The molecule has 0 saturated heterocycles. The molecule has 1 N–H and O–H groups in total. The summed E-state index contributed by atoms with van der Waals surface area (Å²) < 4.78 is 0. The molecule has 0 fully saturated rings. The molecule has 0 saturated carbocycles. The van der Waals surface area contributed by atoms with Crippen molar-refractivity contribution in [3.05, 3.63) is 0 Å². The Labute approximate surface area is 62.4 Å². The van der Waals surface area contributed by atoms with Gasteiger partial charge in [0.1, 0.15) is 0 Å². The van der Waals surface area contributed by atoms with Gasteiger partial charge < -0.3 is 10.2 Å². The van der Waals surface area contributed by atoms with E-state index in [1.165, 1.54) is 0 Å². The number of amides is 1. The second kappa shape index (κ2) is 5.23. The summed E-state index contributed by atoms with van der Waals surface area (Å²) in [6.07, 6.45) is 1.57. The first-order chi connectivity index (χ1) is 4.68. The quantitative estimate of drug-likeness (QED) is 0.566. The van der Waals surface area contributed by atoms with Crippen LogP contribution in [0, 0.1) is 0 Å². The Morgan fingerprint density at radius 1 is 1.50 bits per heavy atom. The zero-order chi connectivity index (χ0) is 7.98. The van der Waals surface area contributed by atoms with Crippen LogP contribution < -0.4 is 5.32 Å². The molecule has 0 unspecified atom stereocenters. The van der Waals surface area contributed by atoms with Crippen LogP contribution in [-0.2, 0) is 4.79 Å². The summed E-state index contributed by atoms with van der Waals surface area (Å²) in [7, 11) is 5.45. The standard InChI is InChI=1S/C7H16N2O/c1-8-6-4-5-7(10)9(2)3/h8H,4-6H2,1-3H3. The molecular formula is C7H16N2O. The van der Waals surface area contributed by atoms with Crippen LogP contribution in [0.5, 0.6) is 0 Å². The molecular weight excluding hydrogens is 128 g/mol. The minimum absolute atomic E-state index is 0.204. The van der Waals surface area contributed by atoms with Gasteiger partial charge >= 0.3 is 0 Å². The summed E-state index contributed by atoms with van der Waals surface area (Å²) >= 11 is 0. The number of carbonyl (C=O) groups excluding carboxylic acids is 1. The van der Waals surface area contributed by atoms with Crippen molar-refractivity contribution in [3.63, 3.8) is 0 Å². The maximum absolute atomic E-state index is 10.9. The summed E-state index contributed by atoms with van der Waals surface area (Å²) in [6.45, 7) is 0.916. The van der Waals surface area contributed by atoms with E-state index in [0.29, 0.717) is 6.42 Å². The summed E-state index contributed by atoms with van der Waals surface area (Å²) in [6, 6.07) is 0. The van der Waals surface area contributed by atoms with Crippen molar-refractivity contribution in [1.82, 2.24) is 10.2 Å². The van der Waals surface area contributed by atoms with E-state index >= 15 is 0 Å². The Bertz CT molecular complexity index is 102. The van der Waals surface area contributed by atoms with Gasteiger partial charge in [-0.1, -0.05) is 0 Å². The summed E-state index contributed by atoms with van der Waals surface area (Å²) in [5.74, 6) is 0.204. The Balaban J connectivity index is 3.22. The fraction of sp³-hybridized carbons (Fsp3) is 0.857. The van der Waals surface area contributed by atoms with E-state index < -0.39 is 0 Å². The molecule has 10 heavy (non-hydrogen) atoms. The average Bonchev–Trinajstić information content (AvgIpc) is 1.88. The highest BCUT2D eigenvalue weighted by Gasteiger charge is 2.00. The predicted octanol–water partition coefficient (Wildman–Crippen LogP) is 0.0742. The number of hydrogen-bond donors (Lipinski definition) is 1. The second-order valence-corrected chi connectivity index (χ2v) is 2.50. The number of carbonyl (C=O) groups is 1. The van der Waals surface area contributed by atoms with E-state index in [4.69, 9.17) is 0 Å². The van der Waals surface area contributed by atoms with E-state index in [2.05, 4.69) is 5.32 Å². The molecule has 0 aliphatic heterocycles. The van der Waals surface area contributed by atoms with Crippen molar-refractivity contribution in [1.29, 1.82) is 0 Å². The topological polar surface area (TPSA) is 32.3 Å². The van der Waals surface area contributed by atoms with Gasteiger partial charge in [-0.05, 0) is 20.0 Å². The number of hydrogen-bond acceptors (Lipinski definition) is 2. The Morgan fingerprint density at radius 3 is 2.50 bits per heavy atom. The van der Waals surface area contributed by atoms with Crippen molar-refractivity contribution in [2.24, 2.45) is 0 Å². The smallest absolute Gasteiger partial charge is 0.222 e. The summed E-state index contributed by atoms with van der Waals surface area (Å²) in [5, 5.41) is 2.99. The van der Waals surface area contributed by atoms with Crippen molar-refractivity contribution < 1.29 is 4.79 Å². The van der Waals surface area contributed by atoms with Gasteiger partial charge in [0.05, 0.1) is 0 Å². The first-order valence-corrected chi connectivity index (χ1v) is 3.53. The molecule has 60 valence electrons. The van der Waals surface area contributed by atoms with Crippen LogP contribution >= 0.6 is 0 Å². The van der Waals surface area contributed by atoms with Crippen LogP contribution in [0.2, 0.25) is 0 Å². The van der Waals surface area contributed by atoms with Crippen molar-refractivity contribution >= 4 is 5.91 Å². The molecule has 0 bridgehead atoms. The van der Waals surface area contributed by atoms with Gasteiger partial charge in [-0.3, -0.25) is 4.79 Å². The molecule has 0 spiro atoms. The van der Waals surface area contributed by atoms with Crippen LogP contribution in [0.15, 0.2) is 0 Å². The van der Waals surface area contributed by atoms with E-state index in [-0.39, 0.29) is 5.91 Å². The maximum atomic E-state index is 10.9. The van der Waals surface area contributed by atoms with Gasteiger partial charge in [0.25, 0.3) is 0 Å². The lowest BCUT2D eigenvalue weighted by molar-refractivity contribution is -0.128. The highest BCUT2D eigenvalue weighted by Crippen LogP contribution is 1.90. The van der Waals surface area contributed by atoms with Gasteiger partial charge in [-0.15, -0.1) is 0 Å². The summed E-state index contributed by atoms with van der Waals surface area (Å²) in [5.41, 5.74) is 0. The Kier molecular flexibility index (Phi) is 4.94. The largest absolute Gasteiger partial charge is 0.349 e. The van der Waals surface area contributed by atoms with Gasteiger partial charge in [0, 0.05) is 20.5 Å². The molecule has 0 aliphatic carbocycles. The van der Waals surface area contributed by atoms with Gasteiger partial charge in [-0.25, -0.2) is 0 Å². The molecule has 0 radical (unpaired) electrons. The first-order valence-electron chi connectivity index (χ1n) is 3.53. The highest BCUT2D eigenvalue weighted by molar-refractivity contribution is 5.75. The minimum atomic E-state index is 0.204. The van der Waals surface area contributed by atoms with Crippen molar-refractivity contribution in [2.45, 2.75) is 12.8 Å². The molecule has 3 heteroatoms. The van der Waals surface area contributed by atoms with Gasteiger partial charge in [0.15, 0.2) is 0 Å². The Morgan fingerprint density at radius 2 is 2.10 bits per heavy atom. The average molecular weight is 144 g/mol. The zero-order valence-electron chi connectivity index (χ0n) is 6.98. The van der Waals surface area contributed by atoms with E-state index in [0.717, 1.165) is 13.0 Å². The lowest BCUT2D eigenvalue weighted by Crippen LogP contribution is -2.22. The highest BCUT2D eigenvalue weighted by atomic mass is 16.2. The Hall–Kier alpha value is -0.570. The van der Waals surface area contributed by atoms with E-state index in [1.807, 2.05) is 7.05 Å². The monoisotopic (exact) mass is 144 g/mol. The lowest BCUT2D eigenvalue weighted by atomic mass is 10.3. The fourth-order valence-electron chi connectivity index (χ4n) is 0.640. The van der Waals surface area contributed by atoms with Crippen LogP contribution in [0.25, 0.3) is 0 Å². The number of nitrogens with one attached hydrogen (secondary N) is 1. The van der Waals surface area contributed by atoms with E-state index in [1.54, 1.807) is 19.0 Å². The molecule has 0 aromatic rings.